The first-order chi connectivity index (χ1) is 10.3. The van der Waals surface area contributed by atoms with E-state index in [-0.39, 0.29) is 17.8 Å². The van der Waals surface area contributed by atoms with Gasteiger partial charge >= 0.3 is 0 Å². The maximum atomic E-state index is 5.63. The molecule has 1 saturated heterocycles. The molecule has 2 aromatic rings. The van der Waals surface area contributed by atoms with Crippen molar-refractivity contribution in [1.82, 2.24) is 5.32 Å². The molecule has 0 atom stereocenters. The summed E-state index contributed by atoms with van der Waals surface area (Å²) in [6, 6.07) is 15.4. The first kappa shape index (κ1) is 15.7. The van der Waals surface area contributed by atoms with Crippen molar-refractivity contribution in [3.63, 3.8) is 0 Å². The van der Waals surface area contributed by atoms with Crippen LogP contribution in [0.1, 0.15) is 24.0 Å². The lowest BCUT2D eigenvalue weighted by molar-refractivity contribution is 0.344. The van der Waals surface area contributed by atoms with Gasteiger partial charge in [0.2, 0.25) is 0 Å². The molecule has 2 aliphatic heterocycles. The quantitative estimate of drug-likeness (QED) is 0.843. The summed E-state index contributed by atoms with van der Waals surface area (Å²) in [7, 11) is 1.77. The maximum absolute atomic E-state index is 5.63. The molecular weight excluding hydrogens is 314 g/mol. The third-order valence-electron chi connectivity index (χ3n) is 4.79. The van der Waals surface area contributed by atoms with Crippen molar-refractivity contribution in [2.24, 2.45) is 0 Å². The van der Waals surface area contributed by atoms with Crippen molar-refractivity contribution in [1.29, 1.82) is 0 Å². The van der Waals surface area contributed by atoms with Gasteiger partial charge in [0.15, 0.2) is 0 Å². The monoisotopic (exact) mass is 333 g/mol. The largest absolute Gasteiger partial charge is 0.496 e. The third-order valence-corrected chi connectivity index (χ3v) is 5.99. The molecule has 4 rings (SSSR count). The van der Waals surface area contributed by atoms with Crippen molar-refractivity contribution in [2.45, 2.75) is 28.0 Å². The molecular formula is C18H20ClNOS. The molecule has 2 aromatic carbocycles. The molecule has 1 N–H and O–H groups in total. The van der Waals surface area contributed by atoms with Crippen LogP contribution in [0.25, 0.3) is 0 Å². The van der Waals surface area contributed by atoms with Crippen LogP contribution in [0.2, 0.25) is 0 Å². The topological polar surface area (TPSA) is 21.3 Å². The number of ether oxygens (including phenoxy) is 1. The van der Waals surface area contributed by atoms with Crippen molar-refractivity contribution in [2.75, 3.05) is 20.2 Å². The van der Waals surface area contributed by atoms with Crippen LogP contribution in [0.3, 0.4) is 0 Å². The molecule has 2 heterocycles. The van der Waals surface area contributed by atoms with Crippen molar-refractivity contribution in [3.8, 4) is 5.75 Å². The molecule has 1 spiro atoms. The zero-order chi connectivity index (χ0) is 14.3. The summed E-state index contributed by atoms with van der Waals surface area (Å²) in [5, 5.41) is 3.51. The predicted octanol–water partition coefficient (Wildman–Crippen LogP) is 4.25. The van der Waals surface area contributed by atoms with E-state index in [9.17, 15) is 0 Å². The number of nitrogens with one attached hydrogen (secondary N) is 1. The van der Waals surface area contributed by atoms with Gasteiger partial charge in [-0.25, -0.2) is 0 Å². The summed E-state index contributed by atoms with van der Waals surface area (Å²) in [6.07, 6.45) is 2.31. The van der Waals surface area contributed by atoms with E-state index in [2.05, 4.69) is 47.8 Å². The van der Waals surface area contributed by atoms with Gasteiger partial charge in [-0.2, -0.15) is 0 Å². The zero-order valence-corrected chi connectivity index (χ0v) is 14.2. The first-order valence-electron chi connectivity index (χ1n) is 7.51. The van der Waals surface area contributed by atoms with Crippen LogP contribution in [0.15, 0.2) is 52.3 Å². The van der Waals surface area contributed by atoms with Crippen LogP contribution < -0.4 is 10.1 Å². The minimum Gasteiger partial charge on any atom is -0.496 e. The van der Waals surface area contributed by atoms with Crippen LogP contribution in [0, 0.1) is 0 Å². The van der Waals surface area contributed by atoms with Gasteiger partial charge in [-0.3, -0.25) is 0 Å². The average Bonchev–Trinajstić information content (AvgIpc) is 2.56. The number of methoxy groups -OCH3 is 1. The summed E-state index contributed by atoms with van der Waals surface area (Å²) >= 11 is 1.86. The molecule has 2 aliphatic rings. The number of hydrogen-bond donors (Lipinski definition) is 1. The highest BCUT2D eigenvalue weighted by molar-refractivity contribution is 7.99. The summed E-state index contributed by atoms with van der Waals surface area (Å²) in [6.45, 7) is 2.16. The lowest BCUT2D eigenvalue weighted by Crippen LogP contribution is -2.42. The second kappa shape index (κ2) is 6.15. The Balaban J connectivity index is 0.00000144. The van der Waals surface area contributed by atoms with E-state index in [1.54, 1.807) is 7.11 Å². The van der Waals surface area contributed by atoms with Crippen LogP contribution >= 0.6 is 24.2 Å². The smallest absolute Gasteiger partial charge is 0.133 e. The lowest BCUT2D eigenvalue weighted by Gasteiger charge is -2.43. The van der Waals surface area contributed by atoms with Crippen molar-refractivity contribution >= 4 is 24.2 Å². The minimum absolute atomic E-state index is 0. The molecule has 0 radical (unpaired) electrons. The summed E-state index contributed by atoms with van der Waals surface area (Å²) in [4.78, 5) is 2.69. The Labute approximate surface area is 142 Å². The molecule has 0 amide bonds. The predicted molar refractivity (Wildman–Crippen MR) is 93.7 cm³/mol. The van der Waals surface area contributed by atoms with Gasteiger partial charge < -0.3 is 10.1 Å². The van der Waals surface area contributed by atoms with Gasteiger partial charge in [-0.15, -0.1) is 12.4 Å². The van der Waals surface area contributed by atoms with E-state index in [1.807, 2.05) is 11.8 Å². The highest BCUT2D eigenvalue weighted by atomic mass is 35.5. The van der Waals surface area contributed by atoms with Crippen molar-refractivity contribution in [3.05, 3.63) is 53.6 Å². The summed E-state index contributed by atoms with van der Waals surface area (Å²) < 4.78 is 5.63. The molecule has 2 nitrogen and oxygen atoms in total. The van der Waals surface area contributed by atoms with Crippen LogP contribution in [0.4, 0.5) is 0 Å². The Kier molecular flexibility index (Phi) is 4.40. The van der Waals surface area contributed by atoms with E-state index >= 15 is 0 Å². The fraction of sp³-hybridized carbons (Fsp3) is 0.333. The van der Waals surface area contributed by atoms with Gasteiger partial charge in [-0.1, -0.05) is 42.1 Å². The Morgan fingerprint density at radius 2 is 1.73 bits per heavy atom. The third kappa shape index (κ3) is 2.23. The Bertz CT molecular complexity index is 683. The Hall–Kier alpha value is -1.16. The van der Waals surface area contributed by atoms with E-state index < -0.39 is 0 Å². The number of hydrogen-bond acceptors (Lipinski definition) is 3. The highest BCUT2D eigenvalue weighted by Gasteiger charge is 2.42. The number of benzene rings is 2. The van der Waals surface area contributed by atoms with Gasteiger partial charge in [0, 0.05) is 10.3 Å². The van der Waals surface area contributed by atoms with E-state index in [0.717, 1.165) is 31.7 Å². The van der Waals surface area contributed by atoms with Crippen LogP contribution in [0.5, 0.6) is 5.75 Å². The second-order valence-electron chi connectivity index (χ2n) is 5.77. The standard InChI is InChI=1S/C18H19NOS.ClH/c1-20-15-7-4-6-14-17(15)21-16-8-3-2-5-13(16)18(14)9-11-19-12-10-18;/h2-8,19H,9-12H2,1H3;1H. The minimum atomic E-state index is 0. The molecule has 0 bridgehead atoms. The molecule has 22 heavy (non-hydrogen) atoms. The Morgan fingerprint density at radius 3 is 2.50 bits per heavy atom. The summed E-state index contributed by atoms with van der Waals surface area (Å²) in [5.74, 6) is 1.00. The molecule has 4 heteroatoms. The highest BCUT2D eigenvalue weighted by Crippen LogP contribution is 2.55. The molecule has 0 aromatic heterocycles. The van der Waals surface area contributed by atoms with Crippen LogP contribution in [-0.4, -0.2) is 20.2 Å². The van der Waals surface area contributed by atoms with E-state index in [1.165, 1.54) is 20.9 Å². The normalized spacial score (nSPS) is 18.0. The maximum Gasteiger partial charge on any atom is 0.133 e. The fourth-order valence-electron chi connectivity index (χ4n) is 3.76. The SMILES string of the molecule is COc1cccc2c1Sc1ccccc1C21CCNCC1.Cl. The molecule has 0 unspecified atom stereocenters. The summed E-state index contributed by atoms with van der Waals surface area (Å²) in [5.41, 5.74) is 3.10. The molecule has 0 saturated carbocycles. The van der Waals surface area contributed by atoms with Gasteiger partial charge in [-0.05, 0) is 49.2 Å². The number of rotatable bonds is 1. The number of piperidine rings is 1. The number of halogens is 1. The number of fused-ring (bicyclic) bond motifs is 4. The Morgan fingerprint density at radius 1 is 1.00 bits per heavy atom. The van der Waals surface area contributed by atoms with Crippen molar-refractivity contribution < 1.29 is 4.74 Å². The van der Waals surface area contributed by atoms with Crippen LogP contribution in [-0.2, 0) is 5.41 Å². The van der Waals surface area contributed by atoms with Gasteiger partial charge in [0.05, 0.1) is 12.0 Å². The van der Waals surface area contributed by atoms with Gasteiger partial charge in [0.1, 0.15) is 5.75 Å². The van der Waals surface area contributed by atoms with E-state index in [0.29, 0.717) is 0 Å². The molecule has 0 aliphatic carbocycles. The lowest BCUT2D eigenvalue weighted by atomic mass is 9.68. The second-order valence-corrected chi connectivity index (χ2v) is 6.82. The first-order valence-corrected chi connectivity index (χ1v) is 8.32. The molecule has 116 valence electrons. The molecule has 1 fully saturated rings. The fourth-order valence-corrected chi connectivity index (χ4v) is 5.12. The zero-order valence-electron chi connectivity index (χ0n) is 12.6. The van der Waals surface area contributed by atoms with Gasteiger partial charge in [0.25, 0.3) is 0 Å². The van der Waals surface area contributed by atoms with E-state index in [4.69, 9.17) is 4.74 Å². The average molecular weight is 334 g/mol.